The highest BCUT2D eigenvalue weighted by Crippen LogP contribution is 2.42. The van der Waals surface area contributed by atoms with E-state index in [0.29, 0.717) is 5.88 Å². The van der Waals surface area contributed by atoms with Crippen molar-refractivity contribution in [3.05, 3.63) is 157 Å². The summed E-state index contributed by atoms with van der Waals surface area (Å²) < 4.78 is 6.44. The molecule has 0 radical (unpaired) electrons. The molecule has 0 aliphatic carbocycles. The summed E-state index contributed by atoms with van der Waals surface area (Å²) in [6.45, 7) is 2.05. The van der Waals surface area contributed by atoms with Crippen LogP contribution in [0, 0.1) is 0 Å². The number of hydrogen-bond donors (Lipinski definition) is 0. The van der Waals surface area contributed by atoms with Crippen molar-refractivity contribution in [3.63, 3.8) is 0 Å². The van der Waals surface area contributed by atoms with E-state index in [2.05, 4.69) is 134 Å². The zero-order valence-electron chi connectivity index (χ0n) is 23.3. The highest BCUT2D eigenvalue weighted by Gasteiger charge is 2.25. The van der Waals surface area contributed by atoms with Crippen LogP contribution >= 0.6 is 7.92 Å². The number of hydrogen-bond acceptors (Lipinski definition) is 3. The lowest BCUT2D eigenvalue weighted by molar-refractivity contribution is 0.218. The molecule has 0 aliphatic heterocycles. The Hall–Kier alpha value is -4.85. The van der Waals surface area contributed by atoms with E-state index in [1.165, 1.54) is 26.7 Å². The van der Waals surface area contributed by atoms with Crippen molar-refractivity contribution in [1.82, 2.24) is 10.2 Å². The standard InChI is InChI=1S/C38H29N2OP/c1-27(28-15-5-2-6-16-28)41-38-34-24-14-13-23-33(34)37(39-40-38)36-32-22-12-11-17-29(32)25-26-35(36)42(30-18-7-3-8-19-30)31-20-9-4-10-21-31/h2-27H,1H3/t27-/m0/s1. The Bertz CT molecular complexity index is 1940. The number of rotatable bonds is 7. The predicted octanol–water partition coefficient (Wildman–Crippen LogP) is 8.35. The predicted molar refractivity (Wildman–Crippen MR) is 177 cm³/mol. The maximum Gasteiger partial charge on any atom is 0.242 e. The van der Waals surface area contributed by atoms with Gasteiger partial charge in [-0.05, 0) is 53.2 Å². The number of aromatic nitrogens is 2. The van der Waals surface area contributed by atoms with Crippen molar-refractivity contribution in [1.29, 1.82) is 0 Å². The van der Waals surface area contributed by atoms with Crippen molar-refractivity contribution < 1.29 is 4.74 Å². The van der Waals surface area contributed by atoms with Crippen LogP contribution in [0.25, 0.3) is 32.8 Å². The van der Waals surface area contributed by atoms with Crippen LogP contribution in [0.15, 0.2) is 152 Å². The number of benzene rings is 6. The summed E-state index contributed by atoms with van der Waals surface area (Å²) in [7, 11) is -0.870. The maximum atomic E-state index is 6.44. The summed E-state index contributed by atoms with van der Waals surface area (Å²) in [6.07, 6.45) is -0.160. The second kappa shape index (κ2) is 11.6. The molecule has 0 bridgehead atoms. The van der Waals surface area contributed by atoms with Crippen LogP contribution in [0.3, 0.4) is 0 Å². The first kappa shape index (κ1) is 26.1. The maximum absolute atomic E-state index is 6.44. The zero-order valence-corrected chi connectivity index (χ0v) is 24.2. The molecule has 7 aromatic rings. The summed E-state index contributed by atoms with van der Waals surface area (Å²) in [5, 5.41) is 17.8. The highest BCUT2D eigenvalue weighted by atomic mass is 31.1. The van der Waals surface area contributed by atoms with Crippen molar-refractivity contribution in [2.45, 2.75) is 13.0 Å². The van der Waals surface area contributed by atoms with Crippen LogP contribution in [0.1, 0.15) is 18.6 Å². The van der Waals surface area contributed by atoms with Crippen molar-refractivity contribution in [2.75, 3.05) is 0 Å². The number of ether oxygens (including phenoxy) is 1. The molecule has 1 heterocycles. The molecular formula is C38H29N2OP. The van der Waals surface area contributed by atoms with Gasteiger partial charge in [-0.1, -0.05) is 146 Å². The fraction of sp³-hybridized carbons (Fsp3) is 0.0526. The van der Waals surface area contributed by atoms with E-state index in [0.717, 1.165) is 27.6 Å². The molecule has 0 unspecified atom stereocenters. The second-order valence-electron chi connectivity index (χ2n) is 10.3. The molecule has 0 N–H and O–H groups in total. The molecule has 1 atom stereocenters. The molecule has 1 aromatic heterocycles. The fourth-order valence-corrected chi connectivity index (χ4v) is 8.06. The topological polar surface area (TPSA) is 35.0 Å². The normalized spacial score (nSPS) is 12.0. The summed E-state index contributed by atoms with van der Waals surface area (Å²) in [6, 6.07) is 53.3. The van der Waals surface area contributed by atoms with Gasteiger partial charge in [0, 0.05) is 16.3 Å². The second-order valence-corrected chi connectivity index (χ2v) is 12.4. The zero-order chi connectivity index (χ0) is 28.3. The van der Waals surface area contributed by atoms with Crippen molar-refractivity contribution in [3.8, 4) is 17.1 Å². The molecule has 0 fully saturated rings. The molecule has 42 heavy (non-hydrogen) atoms. The smallest absolute Gasteiger partial charge is 0.242 e. The van der Waals surface area contributed by atoms with Gasteiger partial charge in [0.25, 0.3) is 0 Å². The third-order valence-corrected chi connectivity index (χ3v) is 10.1. The Morgan fingerprint density at radius 1 is 0.524 bits per heavy atom. The van der Waals surface area contributed by atoms with Crippen molar-refractivity contribution in [2.24, 2.45) is 0 Å². The van der Waals surface area contributed by atoms with Gasteiger partial charge in [-0.3, -0.25) is 0 Å². The summed E-state index contributed by atoms with van der Waals surface area (Å²) in [4.78, 5) is 0. The van der Waals surface area contributed by atoms with Gasteiger partial charge in [-0.2, -0.15) is 0 Å². The van der Waals surface area contributed by atoms with Crippen LogP contribution in [0.2, 0.25) is 0 Å². The molecule has 0 saturated carbocycles. The Balaban J connectivity index is 1.47. The van der Waals surface area contributed by atoms with Gasteiger partial charge in [0.1, 0.15) is 11.8 Å². The van der Waals surface area contributed by atoms with Gasteiger partial charge in [-0.25, -0.2) is 0 Å². The molecular weight excluding hydrogens is 531 g/mol. The van der Waals surface area contributed by atoms with Crippen LogP contribution in [-0.4, -0.2) is 10.2 Å². The molecule has 0 aliphatic rings. The number of nitrogens with zero attached hydrogens (tertiary/aromatic N) is 2. The van der Waals surface area contributed by atoms with Crippen LogP contribution in [0.5, 0.6) is 5.88 Å². The number of fused-ring (bicyclic) bond motifs is 2. The summed E-state index contributed by atoms with van der Waals surface area (Å²) >= 11 is 0. The third kappa shape index (κ3) is 4.93. The van der Waals surface area contributed by atoms with Gasteiger partial charge in [0.15, 0.2) is 0 Å². The minimum atomic E-state index is -0.870. The van der Waals surface area contributed by atoms with Gasteiger partial charge >= 0.3 is 0 Å². The lowest BCUT2D eigenvalue weighted by Crippen LogP contribution is -2.22. The summed E-state index contributed by atoms with van der Waals surface area (Å²) in [5.41, 5.74) is 3.09. The van der Waals surface area contributed by atoms with Gasteiger partial charge in [0.2, 0.25) is 5.88 Å². The monoisotopic (exact) mass is 560 g/mol. The SMILES string of the molecule is C[C@H](Oc1nnc(-c2c(P(c3ccccc3)c3ccccc3)ccc3ccccc23)c2ccccc12)c1ccccc1. The van der Waals surface area contributed by atoms with E-state index >= 15 is 0 Å². The molecule has 7 rings (SSSR count). The van der Waals surface area contributed by atoms with Gasteiger partial charge in [-0.15, -0.1) is 10.2 Å². The minimum absolute atomic E-state index is 0.160. The molecule has 4 heteroatoms. The van der Waals surface area contributed by atoms with Crippen LogP contribution in [0.4, 0.5) is 0 Å². The first-order valence-electron chi connectivity index (χ1n) is 14.2. The largest absolute Gasteiger partial charge is 0.468 e. The average Bonchev–Trinajstić information content (AvgIpc) is 3.06. The average molecular weight is 561 g/mol. The molecule has 6 aromatic carbocycles. The minimum Gasteiger partial charge on any atom is -0.468 e. The highest BCUT2D eigenvalue weighted by molar-refractivity contribution is 7.80. The summed E-state index contributed by atoms with van der Waals surface area (Å²) in [5.74, 6) is 0.542. The van der Waals surface area contributed by atoms with E-state index in [1.54, 1.807) is 0 Å². The van der Waals surface area contributed by atoms with Crippen molar-refractivity contribution >= 4 is 45.4 Å². The van der Waals surface area contributed by atoms with Gasteiger partial charge < -0.3 is 4.74 Å². The van der Waals surface area contributed by atoms with E-state index in [9.17, 15) is 0 Å². The molecule has 0 amide bonds. The van der Waals surface area contributed by atoms with E-state index in [4.69, 9.17) is 14.9 Å². The van der Waals surface area contributed by atoms with E-state index < -0.39 is 7.92 Å². The lowest BCUT2D eigenvalue weighted by Gasteiger charge is -2.24. The van der Waals surface area contributed by atoms with E-state index in [-0.39, 0.29) is 6.10 Å². The Labute approximate surface area is 247 Å². The first-order valence-corrected chi connectivity index (χ1v) is 15.5. The fourth-order valence-electron chi connectivity index (χ4n) is 5.59. The molecule has 0 saturated heterocycles. The molecule has 0 spiro atoms. The Morgan fingerprint density at radius 2 is 1.07 bits per heavy atom. The quantitative estimate of drug-likeness (QED) is 0.184. The van der Waals surface area contributed by atoms with E-state index in [1.807, 2.05) is 24.3 Å². The molecule has 3 nitrogen and oxygen atoms in total. The first-order chi connectivity index (χ1) is 20.8. The van der Waals surface area contributed by atoms with Crippen LogP contribution < -0.4 is 20.7 Å². The Kier molecular flexibility index (Phi) is 7.18. The van der Waals surface area contributed by atoms with Gasteiger partial charge in [0.05, 0.1) is 0 Å². The Morgan fingerprint density at radius 3 is 1.74 bits per heavy atom. The third-order valence-electron chi connectivity index (χ3n) is 7.62. The molecule has 202 valence electrons. The lowest BCUT2D eigenvalue weighted by atomic mass is 9.98. The van der Waals surface area contributed by atoms with Crippen LogP contribution in [-0.2, 0) is 0 Å².